The van der Waals surface area contributed by atoms with Crippen molar-refractivity contribution < 1.29 is 22.3 Å². The van der Waals surface area contributed by atoms with E-state index in [0.717, 1.165) is 16.9 Å². The Morgan fingerprint density at radius 3 is 2.45 bits per heavy atom. The van der Waals surface area contributed by atoms with Gasteiger partial charge in [0, 0.05) is 17.4 Å². The Bertz CT molecular complexity index is 624. The van der Waals surface area contributed by atoms with Crippen LogP contribution in [0, 0.1) is 20.8 Å². The quantitative estimate of drug-likeness (QED) is 0.823. The van der Waals surface area contributed by atoms with Gasteiger partial charge in [0.1, 0.15) is 11.6 Å². The van der Waals surface area contributed by atoms with Gasteiger partial charge in [-0.1, -0.05) is 6.07 Å². The zero-order chi connectivity index (χ0) is 14.0. The lowest BCUT2D eigenvalue weighted by Crippen LogP contribution is -3.00. The highest BCUT2D eigenvalue weighted by Crippen LogP contribution is 2.21. The van der Waals surface area contributed by atoms with E-state index in [-0.39, 0.29) is 18.0 Å². The molecule has 6 heteroatoms. The van der Waals surface area contributed by atoms with Crippen molar-refractivity contribution >= 4 is 17.5 Å². The molecule has 1 aromatic carbocycles. The third-order valence-electron chi connectivity index (χ3n) is 2.71. The van der Waals surface area contributed by atoms with Crippen molar-refractivity contribution in [1.82, 2.24) is 9.97 Å². The molecule has 0 saturated carbocycles. The number of aromatic nitrogens is 2. The summed E-state index contributed by atoms with van der Waals surface area (Å²) >= 11 is 0. The Balaban J connectivity index is 0.00000200. The molecule has 0 atom stereocenters. The van der Waals surface area contributed by atoms with Crippen molar-refractivity contribution in [3.63, 3.8) is 0 Å². The number of halogens is 1. The van der Waals surface area contributed by atoms with Gasteiger partial charge in [-0.3, -0.25) is 0 Å². The molecule has 0 spiro atoms. The summed E-state index contributed by atoms with van der Waals surface area (Å²) in [5, 5.41) is 12.1. The molecule has 0 aliphatic carbocycles. The molecule has 0 bridgehead atoms. The fourth-order valence-corrected chi connectivity index (χ4v) is 1.81. The van der Waals surface area contributed by atoms with E-state index in [2.05, 4.69) is 15.3 Å². The summed E-state index contributed by atoms with van der Waals surface area (Å²) in [7, 11) is 0. The van der Waals surface area contributed by atoms with Gasteiger partial charge in [-0.2, -0.15) is 0 Å². The van der Waals surface area contributed by atoms with Gasteiger partial charge in [0.05, 0.1) is 5.56 Å². The summed E-state index contributed by atoms with van der Waals surface area (Å²) in [5.41, 5.74) is 2.80. The van der Waals surface area contributed by atoms with E-state index >= 15 is 0 Å². The SMILES string of the molecule is Cc1cc(Nc2cc(C(=O)O)ccc2C)nc(C)n1.[Cl-]. The van der Waals surface area contributed by atoms with Crippen LogP contribution in [0.15, 0.2) is 24.3 Å². The number of benzene rings is 1. The first kappa shape index (κ1) is 15.9. The largest absolute Gasteiger partial charge is 1.00 e. The van der Waals surface area contributed by atoms with Crippen molar-refractivity contribution in [2.75, 3.05) is 5.32 Å². The summed E-state index contributed by atoms with van der Waals surface area (Å²) in [6.07, 6.45) is 0. The fraction of sp³-hybridized carbons (Fsp3) is 0.214. The standard InChI is InChI=1S/C14H15N3O2.ClH/c1-8-4-5-11(14(18)19)7-12(8)17-13-6-9(2)15-10(3)16-13;/h4-7H,1-3H3,(H,18,19)(H,15,16,17);1H/p-1. The lowest BCUT2D eigenvalue weighted by molar-refractivity contribution is -0.0000198. The normalized spacial score (nSPS) is 9.75. The monoisotopic (exact) mass is 292 g/mol. The molecule has 0 aliphatic rings. The first-order valence-electron chi connectivity index (χ1n) is 5.89. The summed E-state index contributed by atoms with van der Waals surface area (Å²) in [4.78, 5) is 19.4. The van der Waals surface area contributed by atoms with Gasteiger partial charge in [0.15, 0.2) is 0 Å². The van der Waals surface area contributed by atoms with Crippen LogP contribution < -0.4 is 17.7 Å². The lowest BCUT2D eigenvalue weighted by atomic mass is 10.1. The third-order valence-corrected chi connectivity index (χ3v) is 2.71. The topological polar surface area (TPSA) is 75.1 Å². The first-order chi connectivity index (χ1) is 8.95. The molecule has 0 aliphatic heterocycles. The van der Waals surface area contributed by atoms with Crippen molar-refractivity contribution in [2.24, 2.45) is 0 Å². The van der Waals surface area contributed by atoms with Gasteiger partial charge in [-0.05, 0) is 38.5 Å². The van der Waals surface area contributed by atoms with Gasteiger partial charge in [0.2, 0.25) is 0 Å². The Morgan fingerprint density at radius 2 is 1.85 bits per heavy atom. The van der Waals surface area contributed by atoms with Crippen LogP contribution >= 0.6 is 0 Å². The highest BCUT2D eigenvalue weighted by Gasteiger charge is 2.07. The maximum atomic E-state index is 11.0. The Kier molecular flexibility index (Phi) is 5.05. The van der Waals surface area contributed by atoms with Crippen LogP contribution in [-0.4, -0.2) is 21.0 Å². The van der Waals surface area contributed by atoms with E-state index in [9.17, 15) is 4.79 Å². The van der Waals surface area contributed by atoms with Gasteiger partial charge in [0.25, 0.3) is 0 Å². The van der Waals surface area contributed by atoms with Crippen LogP contribution in [0.3, 0.4) is 0 Å². The number of carboxylic acid groups (broad SMARTS) is 1. The predicted molar refractivity (Wildman–Crippen MR) is 72.9 cm³/mol. The van der Waals surface area contributed by atoms with Crippen LogP contribution in [0.1, 0.15) is 27.4 Å². The van der Waals surface area contributed by atoms with E-state index in [0.29, 0.717) is 11.6 Å². The minimum absolute atomic E-state index is 0. The molecule has 0 amide bonds. The van der Waals surface area contributed by atoms with Gasteiger partial charge >= 0.3 is 5.97 Å². The Hall–Kier alpha value is -2.14. The lowest BCUT2D eigenvalue weighted by Gasteiger charge is -2.10. The first-order valence-corrected chi connectivity index (χ1v) is 5.89. The van der Waals surface area contributed by atoms with Crippen molar-refractivity contribution in [3.8, 4) is 0 Å². The van der Waals surface area contributed by atoms with Crippen LogP contribution in [0.25, 0.3) is 0 Å². The van der Waals surface area contributed by atoms with Crippen molar-refractivity contribution in [2.45, 2.75) is 20.8 Å². The molecule has 1 heterocycles. The number of nitrogens with one attached hydrogen (secondary N) is 1. The molecule has 5 nitrogen and oxygen atoms in total. The second-order valence-corrected chi connectivity index (χ2v) is 4.40. The average Bonchev–Trinajstić information content (AvgIpc) is 2.30. The van der Waals surface area contributed by atoms with E-state index in [4.69, 9.17) is 5.11 Å². The van der Waals surface area contributed by atoms with E-state index in [1.54, 1.807) is 18.2 Å². The number of hydrogen-bond acceptors (Lipinski definition) is 4. The summed E-state index contributed by atoms with van der Waals surface area (Å²) < 4.78 is 0. The third kappa shape index (κ3) is 3.68. The molecule has 2 aromatic rings. The highest BCUT2D eigenvalue weighted by molar-refractivity contribution is 5.89. The molecule has 20 heavy (non-hydrogen) atoms. The minimum Gasteiger partial charge on any atom is -1.00 e. The van der Waals surface area contributed by atoms with Crippen molar-refractivity contribution in [1.29, 1.82) is 0 Å². The Morgan fingerprint density at radius 1 is 1.15 bits per heavy atom. The molecule has 1 aromatic heterocycles. The van der Waals surface area contributed by atoms with Crippen LogP contribution in [0.5, 0.6) is 0 Å². The molecule has 0 radical (unpaired) electrons. The number of carboxylic acids is 1. The zero-order valence-corrected chi connectivity index (χ0v) is 12.2. The number of rotatable bonds is 3. The second kappa shape index (κ2) is 6.34. The number of aromatic carboxylic acids is 1. The molecular weight excluding hydrogens is 278 g/mol. The number of hydrogen-bond donors (Lipinski definition) is 2. The second-order valence-electron chi connectivity index (χ2n) is 4.40. The fourth-order valence-electron chi connectivity index (χ4n) is 1.81. The number of aryl methyl sites for hydroxylation is 3. The molecular formula is C14H15ClN3O2-. The van der Waals surface area contributed by atoms with E-state index in [1.807, 2.05) is 26.8 Å². The van der Waals surface area contributed by atoms with Crippen LogP contribution in [-0.2, 0) is 0 Å². The van der Waals surface area contributed by atoms with Crippen LogP contribution in [0.4, 0.5) is 11.5 Å². The number of anilines is 2. The van der Waals surface area contributed by atoms with Crippen molar-refractivity contribution in [3.05, 3.63) is 46.9 Å². The minimum atomic E-state index is -0.946. The number of nitrogens with zero attached hydrogens (tertiary/aromatic N) is 2. The smallest absolute Gasteiger partial charge is 0.335 e. The molecule has 106 valence electrons. The molecule has 0 unspecified atom stereocenters. The van der Waals surface area contributed by atoms with Gasteiger partial charge in [-0.25, -0.2) is 14.8 Å². The predicted octanol–water partition coefficient (Wildman–Crippen LogP) is -0.152. The maximum absolute atomic E-state index is 11.0. The summed E-state index contributed by atoms with van der Waals surface area (Å²) in [6, 6.07) is 6.77. The van der Waals surface area contributed by atoms with E-state index in [1.165, 1.54) is 0 Å². The molecule has 2 rings (SSSR count). The summed E-state index contributed by atoms with van der Waals surface area (Å²) in [5.74, 6) is 0.392. The zero-order valence-electron chi connectivity index (χ0n) is 11.4. The van der Waals surface area contributed by atoms with Crippen LogP contribution in [0.2, 0.25) is 0 Å². The van der Waals surface area contributed by atoms with Gasteiger partial charge in [-0.15, -0.1) is 0 Å². The number of carbonyl (C=O) groups is 1. The summed E-state index contributed by atoms with van der Waals surface area (Å²) in [6.45, 7) is 5.62. The highest BCUT2D eigenvalue weighted by atomic mass is 35.5. The molecule has 0 saturated heterocycles. The Labute approximate surface area is 123 Å². The van der Waals surface area contributed by atoms with E-state index < -0.39 is 5.97 Å². The van der Waals surface area contributed by atoms with Gasteiger partial charge < -0.3 is 22.8 Å². The maximum Gasteiger partial charge on any atom is 0.335 e. The average molecular weight is 293 g/mol. The molecule has 0 fully saturated rings. The molecule has 2 N–H and O–H groups in total.